The molecule has 0 spiro atoms. The lowest BCUT2D eigenvalue weighted by Gasteiger charge is -2.07. The molecule has 19 heavy (non-hydrogen) atoms. The molecule has 0 amide bonds. The number of oxazole rings is 1. The maximum Gasteiger partial charge on any atom is 0.241 e. The molecular formula is C12H15N3O3S. The lowest BCUT2D eigenvalue weighted by atomic mass is 10.2. The van der Waals surface area contributed by atoms with E-state index in [9.17, 15) is 8.42 Å². The zero-order chi connectivity index (χ0) is 14.0. The van der Waals surface area contributed by atoms with Crippen molar-refractivity contribution in [3.63, 3.8) is 0 Å². The number of anilines is 1. The Kier molecular flexibility index (Phi) is 3.59. The van der Waals surface area contributed by atoms with Gasteiger partial charge < -0.3 is 10.2 Å². The van der Waals surface area contributed by atoms with Crippen molar-refractivity contribution < 1.29 is 12.8 Å². The number of sulfonamides is 1. The van der Waals surface area contributed by atoms with Gasteiger partial charge in [-0.15, -0.1) is 0 Å². The van der Waals surface area contributed by atoms with Crippen LogP contribution in [0.1, 0.15) is 17.2 Å². The van der Waals surface area contributed by atoms with Gasteiger partial charge >= 0.3 is 0 Å². The van der Waals surface area contributed by atoms with Crippen LogP contribution in [0.2, 0.25) is 0 Å². The minimum Gasteiger partial charge on any atom is -0.445 e. The van der Waals surface area contributed by atoms with Gasteiger partial charge in [0, 0.05) is 5.69 Å². The molecule has 0 saturated carbocycles. The van der Waals surface area contributed by atoms with Crippen LogP contribution in [0, 0.1) is 13.8 Å². The number of aryl methyl sites for hydroxylation is 2. The number of hydrogen-bond donors (Lipinski definition) is 2. The lowest BCUT2D eigenvalue weighted by Crippen LogP contribution is -2.23. The molecule has 1 aromatic heterocycles. The van der Waals surface area contributed by atoms with Gasteiger partial charge in [0.15, 0.2) is 0 Å². The molecule has 7 heteroatoms. The predicted molar refractivity (Wildman–Crippen MR) is 70.9 cm³/mol. The summed E-state index contributed by atoms with van der Waals surface area (Å²) < 4.78 is 31.8. The number of nitrogens with zero attached hydrogens (tertiary/aromatic N) is 1. The summed E-state index contributed by atoms with van der Waals surface area (Å²) in [7, 11) is -3.62. The van der Waals surface area contributed by atoms with Gasteiger partial charge in [-0.1, -0.05) is 0 Å². The minimum absolute atomic E-state index is 0.00399. The molecule has 6 nitrogen and oxygen atoms in total. The van der Waals surface area contributed by atoms with E-state index in [1.165, 1.54) is 12.3 Å². The van der Waals surface area contributed by atoms with Gasteiger partial charge in [-0.05, 0) is 37.6 Å². The molecule has 2 aromatic rings. The fraction of sp³-hybridized carbons (Fsp3) is 0.250. The van der Waals surface area contributed by atoms with Gasteiger partial charge in [0.05, 0.1) is 17.6 Å². The zero-order valence-corrected chi connectivity index (χ0v) is 11.5. The third-order valence-corrected chi connectivity index (χ3v) is 3.85. The van der Waals surface area contributed by atoms with Crippen molar-refractivity contribution in [1.29, 1.82) is 0 Å². The summed E-state index contributed by atoms with van der Waals surface area (Å²) in [5, 5.41) is 0. The summed E-state index contributed by atoms with van der Waals surface area (Å²) >= 11 is 0. The van der Waals surface area contributed by atoms with Crippen molar-refractivity contribution in [1.82, 2.24) is 9.71 Å². The van der Waals surface area contributed by atoms with Crippen LogP contribution < -0.4 is 10.5 Å². The standard InChI is InChI=1S/C12H15N3O3S/c1-8-3-10(13)5-11(4-8)19(16,17)15-7-12-14-6-9(2)18-12/h3-6,15H,7,13H2,1-2H3. The van der Waals surface area contributed by atoms with Gasteiger partial charge in [-0.25, -0.2) is 18.1 Å². The van der Waals surface area contributed by atoms with E-state index in [-0.39, 0.29) is 11.4 Å². The Morgan fingerprint density at radius 2 is 2.05 bits per heavy atom. The van der Waals surface area contributed by atoms with Crippen LogP contribution in [-0.2, 0) is 16.6 Å². The first-order valence-electron chi connectivity index (χ1n) is 5.65. The van der Waals surface area contributed by atoms with E-state index in [1.807, 2.05) is 0 Å². The van der Waals surface area contributed by atoms with Crippen LogP contribution in [0.15, 0.2) is 33.7 Å². The zero-order valence-electron chi connectivity index (χ0n) is 10.7. The molecule has 0 saturated heterocycles. The van der Waals surface area contributed by atoms with E-state index in [2.05, 4.69) is 9.71 Å². The molecule has 3 N–H and O–H groups in total. The van der Waals surface area contributed by atoms with E-state index in [0.29, 0.717) is 17.3 Å². The third-order valence-electron chi connectivity index (χ3n) is 2.47. The first kappa shape index (κ1) is 13.6. The molecule has 102 valence electrons. The maximum atomic E-state index is 12.1. The van der Waals surface area contributed by atoms with E-state index < -0.39 is 10.0 Å². The van der Waals surface area contributed by atoms with Gasteiger partial charge in [-0.2, -0.15) is 0 Å². The Balaban J connectivity index is 2.18. The number of nitrogens with one attached hydrogen (secondary N) is 1. The van der Waals surface area contributed by atoms with Crippen LogP contribution in [0.25, 0.3) is 0 Å². The Hall–Kier alpha value is -1.86. The molecule has 0 unspecified atom stereocenters. The van der Waals surface area contributed by atoms with Crippen LogP contribution in [-0.4, -0.2) is 13.4 Å². The minimum atomic E-state index is -3.62. The molecule has 0 fully saturated rings. The fourth-order valence-corrected chi connectivity index (χ4v) is 2.77. The Morgan fingerprint density at radius 3 is 2.63 bits per heavy atom. The predicted octanol–water partition coefficient (Wildman–Crippen LogP) is 1.35. The summed E-state index contributed by atoms with van der Waals surface area (Å²) in [6, 6.07) is 4.67. The number of nitrogen functional groups attached to an aromatic ring is 1. The van der Waals surface area contributed by atoms with Crippen molar-refractivity contribution >= 4 is 15.7 Å². The van der Waals surface area contributed by atoms with Crippen LogP contribution >= 0.6 is 0 Å². The highest BCUT2D eigenvalue weighted by atomic mass is 32.2. The molecule has 1 heterocycles. The van der Waals surface area contributed by atoms with Crippen molar-refractivity contribution in [2.75, 3.05) is 5.73 Å². The summed E-state index contributed by atoms with van der Waals surface area (Å²) in [4.78, 5) is 4.06. The van der Waals surface area contributed by atoms with Gasteiger partial charge in [0.1, 0.15) is 5.76 Å². The van der Waals surface area contributed by atoms with Gasteiger partial charge in [0.25, 0.3) is 0 Å². The highest BCUT2D eigenvalue weighted by molar-refractivity contribution is 7.89. The smallest absolute Gasteiger partial charge is 0.241 e. The second-order valence-electron chi connectivity index (χ2n) is 4.27. The highest BCUT2D eigenvalue weighted by Crippen LogP contribution is 2.16. The average molecular weight is 281 g/mol. The van der Waals surface area contributed by atoms with Gasteiger partial charge in [0.2, 0.25) is 15.9 Å². The largest absolute Gasteiger partial charge is 0.445 e. The molecule has 0 aliphatic rings. The summed E-state index contributed by atoms with van der Waals surface area (Å²) in [5.41, 5.74) is 6.84. The van der Waals surface area contributed by atoms with Crippen LogP contribution in [0.4, 0.5) is 5.69 Å². The van der Waals surface area contributed by atoms with Crippen molar-refractivity contribution in [2.45, 2.75) is 25.3 Å². The molecule has 0 aliphatic carbocycles. The van der Waals surface area contributed by atoms with E-state index in [4.69, 9.17) is 10.2 Å². The van der Waals surface area contributed by atoms with Crippen LogP contribution in [0.5, 0.6) is 0 Å². The van der Waals surface area contributed by atoms with Crippen molar-refractivity contribution in [2.24, 2.45) is 0 Å². The van der Waals surface area contributed by atoms with E-state index >= 15 is 0 Å². The first-order chi connectivity index (χ1) is 8.87. The fourth-order valence-electron chi connectivity index (χ4n) is 1.65. The second kappa shape index (κ2) is 5.02. The average Bonchev–Trinajstić information content (AvgIpc) is 2.71. The Bertz CT molecular complexity index is 672. The van der Waals surface area contributed by atoms with E-state index in [0.717, 1.165) is 5.56 Å². The highest BCUT2D eigenvalue weighted by Gasteiger charge is 2.15. The summed E-state index contributed by atoms with van der Waals surface area (Å²) in [6.07, 6.45) is 1.54. The molecule has 1 aromatic carbocycles. The lowest BCUT2D eigenvalue weighted by molar-refractivity contribution is 0.463. The quantitative estimate of drug-likeness (QED) is 0.824. The molecule has 0 atom stereocenters. The summed E-state index contributed by atoms with van der Waals surface area (Å²) in [6.45, 7) is 3.53. The third kappa shape index (κ3) is 3.33. The number of benzene rings is 1. The number of rotatable bonds is 4. The maximum absolute atomic E-state index is 12.1. The molecular weight excluding hydrogens is 266 g/mol. The SMILES string of the molecule is Cc1cc(N)cc(S(=O)(=O)NCc2ncc(C)o2)c1. The number of nitrogens with two attached hydrogens (primary N) is 1. The van der Waals surface area contributed by atoms with Crippen molar-refractivity contribution in [3.8, 4) is 0 Å². The van der Waals surface area contributed by atoms with E-state index in [1.54, 1.807) is 26.0 Å². The topological polar surface area (TPSA) is 98.2 Å². The molecule has 0 bridgehead atoms. The number of aromatic nitrogens is 1. The van der Waals surface area contributed by atoms with Gasteiger partial charge in [-0.3, -0.25) is 0 Å². The first-order valence-corrected chi connectivity index (χ1v) is 7.13. The number of hydrogen-bond acceptors (Lipinski definition) is 5. The van der Waals surface area contributed by atoms with Crippen LogP contribution in [0.3, 0.4) is 0 Å². The Labute approximate surface area is 111 Å². The molecule has 0 aliphatic heterocycles. The second-order valence-corrected chi connectivity index (χ2v) is 6.04. The Morgan fingerprint density at radius 1 is 1.32 bits per heavy atom. The van der Waals surface area contributed by atoms with Crippen molar-refractivity contribution in [3.05, 3.63) is 41.6 Å². The molecule has 0 radical (unpaired) electrons. The monoisotopic (exact) mass is 281 g/mol. The normalized spacial score (nSPS) is 11.7. The summed E-state index contributed by atoms with van der Waals surface area (Å²) in [5.74, 6) is 0.954. The molecule has 2 rings (SSSR count).